The summed E-state index contributed by atoms with van der Waals surface area (Å²) in [5.74, 6) is -4.32. The third-order valence-electron chi connectivity index (χ3n) is 3.82. The molecule has 0 aliphatic rings. The van der Waals surface area contributed by atoms with Crippen LogP contribution in [0.2, 0.25) is 0 Å². The maximum absolute atomic E-state index is 13.0. The van der Waals surface area contributed by atoms with Crippen molar-refractivity contribution in [1.82, 2.24) is 4.98 Å². The molecule has 2 rings (SSSR count). The fraction of sp³-hybridized carbons (Fsp3) is 0.300. The van der Waals surface area contributed by atoms with E-state index >= 15 is 0 Å². The minimum atomic E-state index is -1.33. The van der Waals surface area contributed by atoms with E-state index in [-0.39, 0.29) is 18.8 Å². The van der Waals surface area contributed by atoms with Crippen molar-refractivity contribution in [2.75, 3.05) is 13.2 Å². The Labute approximate surface area is 152 Å². The highest BCUT2D eigenvalue weighted by Crippen LogP contribution is 2.30. The zero-order valence-corrected chi connectivity index (χ0v) is 14.8. The van der Waals surface area contributed by atoms with Gasteiger partial charge in [-0.05, 0) is 31.5 Å². The molecule has 26 heavy (non-hydrogen) atoms. The number of carbonyl (C=O) groups is 3. The molecule has 0 saturated heterocycles. The van der Waals surface area contributed by atoms with Gasteiger partial charge in [0.15, 0.2) is 5.78 Å². The van der Waals surface area contributed by atoms with Crippen LogP contribution in [0.3, 0.4) is 0 Å². The van der Waals surface area contributed by atoms with E-state index in [1.54, 1.807) is 44.2 Å². The van der Waals surface area contributed by atoms with Crippen molar-refractivity contribution >= 4 is 17.7 Å². The highest BCUT2D eigenvalue weighted by Gasteiger charge is 2.42. The molecule has 0 amide bonds. The monoisotopic (exact) mass is 355 g/mol. The number of rotatable bonds is 8. The van der Waals surface area contributed by atoms with Crippen LogP contribution in [0.15, 0.2) is 54.9 Å². The number of pyridine rings is 1. The molecule has 6 heteroatoms. The summed E-state index contributed by atoms with van der Waals surface area (Å²) in [6.07, 6.45) is 2.91. The lowest BCUT2D eigenvalue weighted by Crippen LogP contribution is -2.36. The van der Waals surface area contributed by atoms with E-state index in [1.165, 1.54) is 24.5 Å². The molecular weight excluding hydrogens is 334 g/mol. The summed E-state index contributed by atoms with van der Waals surface area (Å²) < 4.78 is 10.2. The van der Waals surface area contributed by atoms with E-state index in [9.17, 15) is 14.4 Å². The van der Waals surface area contributed by atoms with Crippen LogP contribution in [-0.4, -0.2) is 35.9 Å². The Morgan fingerprint density at radius 2 is 1.46 bits per heavy atom. The standard InChI is InChI=1S/C20H21NO5/c1-3-25-19(23)16(14-8-6-5-7-9-14)17(20(24)26-4-2)18(22)15-10-12-21-13-11-15/h5-13,16-17H,3-4H2,1-2H3. The normalized spacial score (nSPS) is 12.7. The van der Waals surface area contributed by atoms with Crippen molar-refractivity contribution in [3.05, 3.63) is 66.0 Å². The second-order valence-electron chi connectivity index (χ2n) is 5.47. The molecule has 0 N–H and O–H groups in total. The summed E-state index contributed by atoms with van der Waals surface area (Å²) in [6.45, 7) is 3.56. The lowest BCUT2D eigenvalue weighted by molar-refractivity contribution is -0.155. The molecule has 1 heterocycles. The number of nitrogens with zero attached hydrogens (tertiary/aromatic N) is 1. The van der Waals surface area contributed by atoms with E-state index < -0.39 is 29.6 Å². The van der Waals surface area contributed by atoms with Gasteiger partial charge in [0.2, 0.25) is 0 Å². The predicted octanol–water partition coefficient (Wildman–Crippen LogP) is 2.79. The largest absolute Gasteiger partial charge is 0.465 e. The number of Topliss-reactive ketones (excluding diaryl/α,β-unsaturated/α-hetero) is 1. The number of esters is 2. The second kappa shape index (κ2) is 9.46. The highest BCUT2D eigenvalue weighted by atomic mass is 16.5. The summed E-state index contributed by atoms with van der Waals surface area (Å²) in [6, 6.07) is 11.6. The summed E-state index contributed by atoms with van der Waals surface area (Å²) in [7, 11) is 0. The van der Waals surface area contributed by atoms with E-state index in [4.69, 9.17) is 9.47 Å². The Morgan fingerprint density at radius 1 is 0.885 bits per heavy atom. The first-order chi connectivity index (χ1) is 12.6. The summed E-state index contributed by atoms with van der Waals surface area (Å²) in [5.41, 5.74) is 0.801. The number of ether oxygens (including phenoxy) is 2. The van der Waals surface area contributed by atoms with Crippen molar-refractivity contribution < 1.29 is 23.9 Å². The van der Waals surface area contributed by atoms with Crippen LogP contribution >= 0.6 is 0 Å². The average Bonchev–Trinajstić information content (AvgIpc) is 2.67. The van der Waals surface area contributed by atoms with Gasteiger partial charge in [-0.15, -0.1) is 0 Å². The fourth-order valence-corrected chi connectivity index (χ4v) is 2.68. The van der Waals surface area contributed by atoms with Gasteiger partial charge < -0.3 is 9.47 Å². The van der Waals surface area contributed by atoms with Gasteiger partial charge in [0.05, 0.1) is 13.2 Å². The lowest BCUT2D eigenvalue weighted by Gasteiger charge is -2.23. The first kappa shape index (κ1) is 19.3. The first-order valence-electron chi connectivity index (χ1n) is 8.42. The van der Waals surface area contributed by atoms with Crippen LogP contribution in [0, 0.1) is 5.92 Å². The van der Waals surface area contributed by atoms with E-state index in [1.807, 2.05) is 0 Å². The van der Waals surface area contributed by atoms with Gasteiger partial charge in [0.1, 0.15) is 11.8 Å². The number of aromatic nitrogens is 1. The van der Waals surface area contributed by atoms with Gasteiger partial charge >= 0.3 is 11.9 Å². The van der Waals surface area contributed by atoms with Crippen molar-refractivity contribution in [1.29, 1.82) is 0 Å². The van der Waals surface area contributed by atoms with Gasteiger partial charge in [-0.1, -0.05) is 30.3 Å². The van der Waals surface area contributed by atoms with Crippen molar-refractivity contribution in [2.45, 2.75) is 19.8 Å². The molecule has 0 spiro atoms. The van der Waals surface area contributed by atoms with Crippen molar-refractivity contribution in [3.8, 4) is 0 Å². The zero-order chi connectivity index (χ0) is 18.9. The fourth-order valence-electron chi connectivity index (χ4n) is 2.68. The number of hydrogen-bond acceptors (Lipinski definition) is 6. The van der Waals surface area contributed by atoms with Crippen LogP contribution in [-0.2, 0) is 19.1 Å². The van der Waals surface area contributed by atoms with Gasteiger partial charge in [0.25, 0.3) is 0 Å². The van der Waals surface area contributed by atoms with Gasteiger partial charge in [-0.2, -0.15) is 0 Å². The Morgan fingerprint density at radius 3 is 2.04 bits per heavy atom. The highest BCUT2D eigenvalue weighted by molar-refractivity contribution is 6.11. The van der Waals surface area contributed by atoms with Crippen LogP contribution < -0.4 is 0 Å². The topological polar surface area (TPSA) is 82.6 Å². The van der Waals surface area contributed by atoms with Crippen LogP contribution in [0.5, 0.6) is 0 Å². The summed E-state index contributed by atoms with van der Waals surface area (Å²) in [4.78, 5) is 42.2. The molecule has 2 atom stereocenters. The molecule has 6 nitrogen and oxygen atoms in total. The van der Waals surface area contributed by atoms with Crippen LogP contribution in [0.1, 0.15) is 35.7 Å². The maximum Gasteiger partial charge on any atom is 0.318 e. The quantitative estimate of drug-likeness (QED) is 0.411. The van der Waals surface area contributed by atoms with Crippen LogP contribution in [0.4, 0.5) is 0 Å². The molecule has 136 valence electrons. The molecule has 2 unspecified atom stereocenters. The molecule has 1 aromatic carbocycles. The molecule has 0 aliphatic heterocycles. The van der Waals surface area contributed by atoms with Gasteiger partial charge in [0, 0.05) is 18.0 Å². The molecule has 0 radical (unpaired) electrons. The van der Waals surface area contributed by atoms with Crippen LogP contribution in [0.25, 0.3) is 0 Å². The third kappa shape index (κ3) is 4.53. The average molecular weight is 355 g/mol. The van der Waals surface area contributed by atoms with Crippen molar-refractivity contribution in [2.24, 2.45) is 5.92 Å². The Balaban J connectivity index is 2.52. The minimum absolute atomic E-state index is 0.100. The molecule has 0 aliphatic carbocycles. The molecular formula is C20H21NO5. The summed E-state index contributed by atoms with van der Waals surface area (Å²) in [5, 5.41) is 0. The van der Waals surface area contributed by atoms with E-state index in [0.717, 1.165) is 0 Å². The molecule has 0 bridgehead atoms. The molecule has 2 aromatic rings. The van der Waals surface area contributed by atoms with E-state index in [2.05, 4.69) is 4.98 Å². The molecule has 0 saturated carbocycles. The maximum atomic E-state index is 13.0. The SMILES string of the molecule is CCOC(=O)C(C(=O)c1ccncc1)C(C(=O)OCC)c1ccccc1. The zero-order valence-electron chi connectivity index (χ0n) is 14.8. The van der Waals surface area contributed by atoms with Crippen molar-refractivity contribution in [3.63, 3.8) is 0 Å². The van der Waals surface area contributed by atoms with E-state index in [0.29, 0.717) is 5.56 Å². The predicted molar refractivity (Wildman–Crippen MR) is 94.5 cm³/mol. The summed E-state index contributed by atoms with van der Waals surface area (Å²) >= 11 is 0. The third-order valence-corrected chi connectivity index (χ3v) is 3.82. The van der Waals surface area contributed by atoms with Gasteiger partial charge in [-0.25, -0.2) is 0 Å². The molecule has 1 aromatic heterocycles. The number of carbonyl (C=O) groups excluding carboxylic acids is 3. The Hall–Kier alpha value is -3.02. The smallest absolute Gasteiger partial charge is 0.318 e. The second-order valence-corrected chi connectivity index (χ2v) is 5.47. The Kier molecular flexibility index (Phi) is 7.02. The molecule has 0 fully saturated rings. The minimum Gasteiger partial charge on any atom is -0.465 e. The number of ketones is 1. The lowest BCUT2D eigenvalue weighted by atomic mass is 9.81. The first-order valence-corrected chi connectivity index (χ1v) is 8.42. The Bertz CT molecular complexity index is 745. The van der Waals surface area contributed by atoms with Gasteiger partial charge in [-0.3, -0.25) is 19.4 Å². The number of benzene rings is 1. The number of hydrogen-bond donors (Lipinski definition) is 0.